The van der Waals surface area contributed by atoms with Crippen molar-refractivity contribution in [2.45, 2.75) is 36.5 Å². The van der Waals surface area contributed by atoms with E-state index in [1.165, 1.54) is 25.7 Å². The summed E-state index contributed by atoms with van der Waals surface area (Å²) in [5.41, 5.74) is 0.958. The summed E-state index contributed by atoms with van der Waals surface area (Å²) in [6, 6.07) is 7.26. The molecule has 0 spiro atoms. The van der Waals surface area contributed by atoms with Crippen LogP contribution in [0.15, 0.2) is 29.2 Å². The number of rotatable bonds is 4. The zero-order chi connectivity index (χ0) is 12.0. The Bertz CT molecular complexity index is 518. The lowest BCUT2D eigenvalue weighted by Gasteiger charge is -2.18. The van der Waals surface area contributed by atoms with Crippen molar-refractivity contribution < 1.29 is 8.42 Å². The first-order valence-corrected chi connectivity index (χ1v) is 7.74. The van der Waals surface area contributed by atoms with Crippen LogP contribution in [0.5, 0.6) is 0 Å². The fraction of sp³-hybridized carbons (Fsp3) is 0.538. The first-order chi connectivity index (χ1) is 8.07. The summed E-state index contributed by atoms with van der Waals surface area (Å²) in [6.45, 7) is 0. The maximum Gasteiger partial charge on any atom is 0.238 e. The van der Waals surface area contributed by atoms with Gasteiger partial charge in [-0.3, -0.25) is 0 Å². The molecule has 0 aliphatic heterocycles. The van der Waals surface area contributed by atoms with Gasteiger partial charge >= 0.3 is 0 Å². The van der Waals surface area contributed by atoms with Crippen LogP contribution in [-0.2, 0) is 10.0 Å². The summed E-state index contributed by atoms with van der Waals surface area (Å²) in [5.74, 6) is 1.79. The molecule has 0 amide bonds. The molecule has 1 aromatic carbocycles. The first kappa shape index (κ1) is 11.2. The molecule has 2 saturated carbocycles. The van der Waals surface area contributed by atoms with E-state index in [9.17, 15) is 8.42 Å². The zero-order valence-corrected chi connectivity index (χ0v) is 10.5. The van der Waals surface area contributed by atoms with Gasteiger partial charge in [0, 0.05) is 0 Å². The highest BCUT2D eigenvalue weighted by Crippen LogP contribution is 2.55. The van der Waals surface area contributed by atoms with Gasteiger partial charge in [0.2, 0.25) is 10.0 Å². The summed E-state index contributed by atoms with van der Waals surface area (Å²) in [4.78, 5) is 0.337. The minimum Gasteiger partial charge on any atom is -0.225 e. The number of sulfonamides is 1. The van der Waals surface area contributed by atoms with Gasteiger partial charge in [0.25, 0.3) is 0 Å². The molecule has 2 aliphatic carbocycles. The molecule has 2 fully saturated rings. The van der Waals surface area contributed by atoms with Crippen molar-refractivity contribution in [3.8, 4) is 0 Å². The smallest absolute Gasteiger partial charge is 0.225 e. The van der Waals surface area contributed by atoms with Crippen LogP contribution in [-0.4, -0.2) is 8.42 Å². The van der Waals surface area contributed by atoms with E-state index in [4.69, 9.17) is 5.14 Å². The lowest BCUT2D eigenvalue weighted by molar-refractivity contribution is 0.525. The molecule has 0 bridgehead atoms. The van der Waals surface area contributed by atoms with E-state index in [0.29, 0.717) is 22.6 Å². The molecular weight excluding hydrogens is 234 g/mol. The van der Waals surface area contributed by atoms with Crippen LogP contribution < -0.4 is 5.14 Å². The molecule has 3 nitrogen and oxygen atoms in total. The fourth-order valence-corrected chi connectivity index (χ4v) is 3.62. The Balaban J connectivity index is 2.06. The molecule has 0 unspecified atom stereocenters. The second-order valence-electron chi connectivity index (χ2n) is 5.28. The van der Waals surface area contributed by atoms with Crippen molar-refractivity contribution in [3.05, 3.63) is 29.8 Å². The molecule has 1 aromatic rings. The van der Waals surface area contributed by atoms with Gasteiger partial charge in [0.1, 0.15) is 0 Å². The van der Waals surface area contributed by atoms with Gasteiger partial charge in [-0.05, 0) is 55.1 Å². The fourth-order valence-electron chi connectivity index (χ4n) is 2.82. The van der Waals surface area contributed by atoms with Gasteiger partial charge in [-0.25, -0.2) is 13.6 Å². The van der Waals surface area contributed by atoms with Crippen molar-refractivity contribution in [2.75, 3.05) is 0 Å². The standard InChI is InChI=1S/C13H17NO2S/c14-17(15,16)12-4-2-1-3-11(12)13(9-5-6-9)10-7-8-10/h1-4,9-10,13H,5-8H2,(H2,14,15,16). The van der Waals surface area contributed by atoms with Crippen molar-refractivity contribution in [3.63, 3.8) is 0 Å². The molecule has 2 N–H and O–H groups in total. The molecular formula is C13H17NO2S. The second kappa shape index (κ2) is 3.82. The van der Waals surface area contributed by atoms with Crippen LogP contribution >= 0.6 is 0 Å². The third kappa shape index (κ3) is 2.24. The highest BCUT2D eigenvalue weighted by molar-refractivity contribution is 7.89. The van der Waals surface area contributed by atoms with Gasteiger partial charge in [-0.15, -0.1) is 0 Å². The number of hydrogen-bond donors (Lipinski definition) is 1. The van der Waals surface area contributed by atoms with Gasteiger partial charge in [-0.2, -0.15) is 0 Å². The van der Waals surface area contributed by atoms with E-state index in [1.807, 2.05) is 12.1 Å². The lowest BCUT2D eigenvalue weighted by atomic mass is 9.89. The molecule has 0 aromatic heterocycles. The van der Waals surface area contributed by atoms with E-state index < -0.39 is 10.0 Å². The largest absolute Gasteiger partial charge is 0.238 e. The Morgan fingerprint density at radius 1 is 1.06 bits per heavy atom. The first-order valence-electron chi connectivity index (χ1n) is 6.19. The van der Waals surface area contributed by atoms with Crippen LogP contribution in [0.1, 0.15) is 37.2 Å². The van der Waals surface area contributed by atoms with Crippen LogP contribution in [0.2, 0.25) is 0 Å². The Kier molecular flexibility index (Phi) is 2.52. The molecule has 3 rings (SSSR count). The summed E-state index contributed by atoms with van der Waals surface area (Å²) >= 11 is 0. The Labute approximate surface area is 102 Å². The number of hydrogen-bond acceptors (Lipinski definition) is 2. The van der Waals surface area contributed by atoms with E-state index in [2.05, 4.69) is 0 Å². The maximum atomic E-state index is 11.6. The van der Waals surface area contributed by atoms with E-state index in [0.717, 1.165) is 5.56 Å². The predicted octanol–water partition coefficient (Wildman–Crippen LogP) is 2.24. The van der Waals surface area contributed by atoms with Gasteiger partial charge in [-0.1, -0.05) is 18.2 Å². The maximum absolute atomic E-state index is 11.6. The highest BCUT2D eigenvalue weighted by atomic mass is 32.2. The third-order valence-electron chi connectivity index (χ3n) is 3.84. The molecule has 4 heteroatoms. The minimum atomic E-state index is -3.59. The summed E-state index contributed by atoms with van der Waals surface area (Å²) in [6.07, 6.45) is 4.94. The number of nitrogens with two attached hydrogens (primary N) is 1. The molecule has 0 saturated heterocycles. The van der Waals surface area contributed by atoms with Crippen molar-refractivity contribution in [1.82, 2.24) is 0 Å². The van der Waals surface area contributed by atoms with Crippen LogP contribution in [0.4, 0.5) is 0 Å². The normalized spacial score (nSPS) is 20.8. The third-order valence-corrected chi connectivity index (χ3v) is 4.83. The predicted molar refractivity (Wildman–Crippen MR) is 66.0 cm³/mol. The van der Waals surface area contributed by atoms with Gasteiger partial charge in [0.15, 0.2) is 0 Å². The topological polar surface area (TPSA) is 60.2 Å². The lowest BCUT2D eigenvalue weighted by Crippen LogP contribution is -2.17. The van der Waals surface area contributed by atoms with E-state index >= 15 is 0 Å². The molecule has 0 radical (unpaired) electrons. The summed E-state index contributed by atoms with van der Waals surface area (Å²) in [5, 5.41) is 5.31. The van der Waals surface area contributed by atoms with Gasteiger partial charge < -0.3 is 0 Å². The molecule has 0 heterocycles. The average Bonchev–Trinajstić information content (AvgIpc) is 3.11. The van der Waals surface area contributed by atoms with E-state index in [1.54, 1.807) is 12.1 Å². The van der Waals surface area contributed by atoms with Crippen molar-refractivity contribution in [1.29, 1.82) is 0 Å². The SMILES string of the molecule is NS(=O)(=O)c1ccccc1C(C1CC1)C1CC1. The number of primary sulfonamides is 1. The zero-order valence-electron chi connectivity index (χ0n) is 9.67. The number of benzene rings is 1. The summed E-state index contributed by atoms with van der Waals surface area (Å²) < 4.78 is 23.2. The average molecular weight is 251 g/mol. The monoisotopic (exact) mass is 251 g/mol. The Hall–Kier alpha value is -0.870. The second-order valence-corrected chi connectivity index (χ2v) is 6.81. The van der Waals surface area contributed by atoms with Crippen LogP contribution in [0, 0.1) is 11.8 Å². The highest BCUT2D eigenvalue weighted by Gasteiger charge is 2.43. The van der Waals surface area contributed by atoms with E-state index in [-0.39, 0.29) is 0 Å². The molecule has 2 aliphatic rings. The van der Waals surface area contributed by atoms with Crippen LogP contribution in [0.25, 0.3) is 0 Å². The van der Waals surface area contributed by atoms with Gasteiger partial charge in [0.05, 0.1) is 4.90 Å². The van der Waals surface area contributed by atoms with Crippen molar-refractivity contribution in [2.24, 2.45) is 17.0 Å². The Morgan fingerprint density at radius 2 is 1.59 bits per heavy atom. The quantitative estimate of drug-likeness (QED) is 0.892. The molecule has 92 valence electrons. The van der Waals surface area contributed by atoms with Crippen molar-refractivity contribution >= 4 is 10.0 Å². The molecule has 17 heavy (non-hydrogen) atoms. The minimum absolute atomic E-state index is 0.337. The van der Waals surface area contributed by atoms with Crippen LogP contribution in [0.3, 0.4) is 0 Å². The molecule has 0 atom stereocenters. The summed E-state index contributed by atoms with van der Waals surface area (Å²) in [7, 11) is -3.59. The Morgan fingerprint density at radius 3 is 2.06 bits per heavy atom.